The Morgan fingerprint density at radius 3 is 2.81 bits per heavy atom. The summed E-state index contributed by atoms with van der Waals surface area (Å²) in [5, 5.41) is 14.7. The Balaban J connectivity index is 1.48. The fourth-order valence-corrected chi connectivity index (χ4v) is 3.33. The summed E-state index contributed by atoms with van der Waals surface area (Å²) in [5.74, 6) is 0.576. The molecular weight excluding hydrogens is 346 g/mol. The van der Waals surface area contributed by atoms with Crippen molar-refractivity contribution in [2.24, 2.45) is 0 Å². The van der Waals surface area contributed by atoms with E-state index in [1.165, 1.54) is 0 Å². The monoisotopic (exact) mass is 373 g/mol. The summed E-state index contributed by atoms with van der Waals surface area (Å²) in [6.45, 7) is 8.97. The van der Waals surface area contributed by atoms with Crippen LogP contribution in [0.2, 0.25) is 0 Å². The number of hydrogen-bond acceptors (Lipinski definition) is 7. The fraction of sp³-hybridized carbons (Fsp3) is 0.611. The zero-order valence-electron chi connectivity index (χ0n) is 16.1. The van der Waals surface area contributed by atoms with Crippen LogP contribution in [-0.2, 0) is 29.0 Å². The average Bonchev–Trinajstić information content (AvgIpc) is 3.00. The van der Waals surface area contributed by atoms with Crippen molar-refractivity contribution < 1.29 is 9.53 Å². The third-order valence-electron chi connectivity index (χ3n) is 4.41. The quantitative estimate of drug-likeness (QED) is 0.747. The van der Waals surface area contributed by atoms with Gasteiger partial charge in [-0.2, -0.15) is 0 Å². The van der Waals surface area contributed by atoms with Crippen molar-refractivity contribution in [1.82, 2.24) is 35.4 Å². The van der Waals surface area contributed by atoms with Crippen LogP contribution in [0.4, 0.5) is 0 Å². The highest BCUT2D eigenvalue weighted by Crippen LogP contribution is 2.12. The Kier molecular flexibility index (Phi) is 6.46. The van der Waals surface area contributed by atoms with Gasteiger partial charge in [0.15, 0.2) is 5.82 Å². The first kappa shape index (κ1) is 19.4. The minimum Gasteiger partial charge on any atom is -0.373 e. The van der Waals surface area contributed by atoms with Crippen molar-refractivity contribution in [1.29, 1.82) is 0 Å². The number of rotatable bonds is 7. The van der Waals surface area contributed by atoms with Crippen molar-refractivity contribution in [3.05, 3.63) is 35.4 Å². The maximum absolute atomic E-state index is 12.2. The van der Waals surface area contributed by atoms with Gasteiger partial charge in [0.1, 0.15) is 6.54 Å². The van der Waals surface area contributed by atoms with Gasteiger partial charge in [-0.3, -0.25) is 14.7 Å². The molecule has 0 unspecified atom stereocenters. The number of amides is 1. The minimum absolute atomic E-state index is 0.110. The number of ether oxygens (including phenoxy) is 1. The molecule has 0 bridgehead atoms. The smallest absolute Gasteiger partial charge is 0.241 e. The van der Waals surface area contributed by atoms with Crippen LogP contribution in [0.25, 0.3) is 0 Å². The van der Waals surface area contributed by atoms with Crippen molar-refractivity contribution in [3.8, 4) is 0 Å². The molecule has 1 saturated heterocycles. The number of nitrogens with one attached hydrogen (secondary N) is 1. The summed E-state index contributed by atoms with van der Waals surface area (Å²) in [5.41, 5.74) is 1.94. The van der Waals surface area contributed by atoms with Crippen LogP contribution in [0.3, 0.4) is 0 Å². The van der Waals surface area contributed by atoms with Gasteiger partial charge in [0, 0.05) is 37.4 Å². The lowest BCUT2D eigenvalue weighted by Gasteiger charge is -2.34. The lowest BCUT2D eigenvalue weighted by atomic mass is 10.2. The first-order valence-electron chi connectivity index (χ1n) is 9.31. The molecule has 0 aliphatic carbocycles. The fourth-order valence-electron chi connectivity index (χ4n) is 3.33. The van der Waals surface area contributed by atoms with Crippen LogP contribution in [0, 0.1) is 6.92 Å². The summed E-state index contributed by atoms with van der Waals surface area (Å²) in [7, 11) is 0. The topological polar surface area (TPSA) is 98.1 Å². The molecule has 2 aromatic heterocycles. The van der Waals surface area contributed by atoms with Gasteiger partial charge in [-0.1, -0.05) is 6.07 Å². The molecule has 27 heavy (non-hydrogen) atoms. The van der Waals surface area contributed by atoms with Gasteiger partial charge in [0.2, 0.25) is 5.91 Å². The van der Waals surface area contributed by atoms with Gasteiger partial charge < -0.3 is 10.1 Å². The van der Waals surface area contributed by atoms with Crippen molar-refractivity contribution in [2.75, 3.05) is 19.6 Å². The molecule has 1 N–H and O–H groups in total. The second kappa shape index (κ2) is 9.01. The molecule has 1 aliphatic heterocycles. The van der Waals surface area contributed by atoms with Gasteiger partial charge in [0.05, 0.1) is 18.8 Å². The van der Waals surface area contributed by atoms with Gasteiger partial charge in [-0.25, -0.2) is 4.68 Å². The summed E-state index contributed by atoms with van der Waals surface area (Å²) in [6.07, 6.45) is 1.05. The molecular formula is C18H27N7O2. The van der Waals surface area contributed by atoms with Crippen LogP contribution >= 0.6 is 0 Å². The highest BCUT2D eigenvalue weighted by Gasteiger charge is 2.24. The number of carbonyl (C=O) groups is 1. The first-order chi connectivity index (χ1) is 13.0. The second-order valence-electron chi connectivity index (χ2n) is 7.07. The molecule has 9 nitrogen and oxygen atoms in total. The second-order valence-corrected chi connectivity index (χ2v) is 7.07. The summed E-state index contributed by atoms with van der Waals surface area (Å²) in [4.78, 5) is 18.9. The molecule has 3 rings (SSSR count). The number of pyridine rings is 1. The number of carbonyl (C=O) groups excluding carboxylic acids is 1. The number of hydrogen-bond donors (Lipinski definition) is 1. The van der Waals surface area contributed by atoms with Crippen LogP contribution in [0.15, 0.2) is 18.2 Å². The first-order valence-corrected chi connectivity index (χ1v) is 9.31. The average molecular weight is 373 g/mol. The van der Waals surface area contributed by atoms with Crippen LogP contribution in [0.1, 0.15) is 31.1 Å². The van der Waals surface area contributed by atoms with E-state index in [9.17, 15) is 4.79 Å². The van der Waals surface area contributed by atoms with Crippen molar-refractivity contribution in [2.45, 2.75) is 52.5 Å². The third kappa shape index (κ3) is 5.80. The van der Waals surface area contributed by atoms with E-state index < -0.39 is 0 Å². The van der Waals surface area contributed by atoms with E-state index in [1.54, 1.807) is 4.68 Å². The Bertz CT molecular complexity index is 754. The molecule has 1 fully saturated rings. The maximum Gasteiger partial charge on any atom is 0.241 e. The van der Waals surface area contributed by atoms with E-state index in [2.05, 4.69) is 44.6 Å². The van der Waals surface area contributed by atoms with Crippen molar-refractivity contribution >= 4 is 5.91 Å². The van der Waals surface area contributed by atoms with Crippen molar-refractivity contribution in [3.63, 3.8) is 0 Å². The molecule has 1 amide bonds. The van der Waals surface area contributed by atoms with E-state index in [0.29, 0.717) is 25.3 Å². The van der Waals surface area contributed by atoms with E-state index in [0.717, 1.165) is 24.5 Å². The Morgan fingerprint density at radius 2 is 2.07 bits per heavy atom. The molecule has 0 spiro atoms. The van der Waals surface area contributed by atoms with Crippen LogP contribution < -0.4 is 5.32 Å². The van der Waals surface area contributed by atoms with E-state index >= 15 is 0 Å². The zero-order valence-corrected chi connectivity index (χ0v) is 16.1. The lowest BCUT2D eigenvalue weighted by molar-refractivity contribution is -0.121. The maximum atomic E-state index is 12.2. The Labute approximate surface area is 159 Å². The molecule has 2 aromatic rings. The van der Waals surface area contributed by atoms with E-state index in [1.807, 2.05) is 25.1 Å². The third-order valence-corrected chi connectivity index (χ3v) is 4.41. The van der Waals surface area contributed by atoms with Gasteiger partial charge in [-0.05, 0) is 43.3 Å². The number of aromatic nitrogens is 5. The van der Waals surface area contributed by atoms with Crippen LogP contribution in [0.5, 0.6) is 0 Å². The Morgan fingerprint density at radius 1 is 1.30 bits per heavy atom. The SMILES string of the molecule is Cc1cccc(CCNC(=O)Cn2nnnc2CN2C[C@@H](C)O[C@@H](C)C2)n1. The number of tetrazole rings is 1. The molecule has 3 heterocycles. The molecule has 2 atom stereocenters. The predicted octanol–water partition coefficient (Wildman–Crippen LogP) is 0.345. The normalized spacial score (nSPS) is 20.6. The summed E-state index contributed by atoms with van der Waals surface area (Å²) in [6, 6.07) is 5.89. The largest absolute Gasteiger partial charge is 0.373 e. The van der Waals surface area contributed by atoms with E-state index in [4.69, 9.17) is 4.74 Å². The lowest BCUT2D eigenvalue weighted by Crippen LogP contribution is -2.45. The highest BCUT2D eigenvalue weighted by atomic mass is 16.5. The molecule has 9 heteroatoms. The Hall–Kier alpha value is -2.39. The number of aryl methyl sites for hydroxylation is 1. The van der Waals surface area contributed by atoms with Gasteiger partial charge in [-0.15, -0.1) is 5.10 Å². The number of morpholine rings is 1. The highest BCUT2D eigenvalue weighted by molar-refractivity contribution is 5.75. The zero-order chi connectivity index (χ0) is 19.2. The van der Waals surface area contributed by atoms with Gasteiger partial charge in [0.25, 0.3) is 0 Å². The molecule has 1 aliphatic rings. The summed E-state index contributed by atoms with van der Waals surface area (Å²) < 4.78 is 7.31. The molecule has 0 aromatic carbocycles. The molecule has 0 saturated carbocycles. The number of nitrogens with zero attached hydrogens (tertiary/aromatic N) is 6. The standard InChI is InChI=1S/C18H27N7O2/c1-13-5-4-6-16(20-13)7-8-19-18(26)12-25-17(21-22-23-25)11-24-9-14(2)27-15(3)10-24/h4-6,14-15H,7-12H2,1-3H3,(H,19,26)/t14-,15+. The molecule has 0 radical (unpaired) electrons. The van der Waals surface area contributed by atoms with E-state index in [-0.39, 0.29) is 24.7 Å². The minimum atomic E-state index is -0.111. The summed E-state index contributed by atoms with van der Waals surface area (Å²) >= 11 is 0. The van der Waals surface area contributed by atoms with Gasteiger partial charge >= 0.3 is 0 Å². The molecule has 146 valence electrons. The predicted molar refractivity (Wildman–Crippen MR) is 98.8 cm³/mol. The van der Waals surface area contributed by atoms with Crippen LogP contribution in [-0.4, -0.2) is 67.8 Å².